The first-order chi connectivity index (χ1) is 9.12. The number of aryl methyl sites for hydroxylation is 1. The van der Waals surface area contributed by atoms with E-state index in [1.807, 2.05) is 32.0 Å². The van der Waals surface area contributed by atoms with Crippen molar-refractivity contribution in [1.82, 2.24) is 0 Å². The van der Waals surface area contributed by atoms with E-state index in [4.69, 9.17) is 10.5 Å². The van der Waals surface area contributed by atoms with Crippen molar-refractivity contribution in [2.75, 3.05) is 18.5 Å². The molecule has 1 amide bonds. The summed E-state index contributed by atoms with van der Waals surface area (Å²) in [6.45, 7) is 6.97. The number of amides is 1. The lowest BCUT2D eigenvalue weighted by molar-refractivity contribution is -0.119. The molecule has 4 heteroatoms. The molecule has 0 heterocycles. The van der Waals surface area contributed by atoms with E-state index in [0.29, 0.717) is 13.2 Å². The van der Waals surface area contributed by atoms with Gasteiger partial charge < -0.3 is 15.8 Å². The lowest BCUT2D eigenvalue weighted by Crippen LogP contribution is -2.29. The van der Waals surface area contributed by atoms with Crippen LogP contribution in [0.3, 0.4) is 0 Å². The van der Waals surface area contributed by atoms with Gasteiger partial charge in [-0.15, -0.1) is 0 Å². The number of rotatable bonds is 7. The van der Waals surface area contributed by atoms with Crippen LogP contribution in [0.15, 0.2) is 18.2 Å². The number of ether oxygens (including phenoxy) is 1. The van der Waals surface area contributed by atoms with E-state index in [0.717, 1.165) is 29.8 Å². The van der Waals surface area contributed by atoms with Gasteiger partial charge in [-0.05, 0) is 44.0 Å². The molecular weight excluding hydrogens is 240 g/mol. The normalized spacial score (nSPS) is 12.0. The van der Waals surface area contributed by atoms with E-state index in [9.17, 15) is 4.79 Å². The average Bonchev–Trinajstić information content (AvgIpc) is 2.39. The molecule has 1 aromatic carbocycles. The van der Waals surface area contributed by atoms with Crippen LogP contribution in [0.1, 0.15) is 32.3 Å². The van der Waals surface area contributed by atoms with Gasteiger partial charge in [0.1, 0.15) is 5.75 Å². The summed E-state index contributed by atoms with van der Waals surface area (Å²) in [4.78, 5) is 12.1. The Morgan fingerprint density at radius 2 is 2.16 bits per heavy atom. The van der Waals surface area contributed by atoms with E-state index < -0.39 is 0 Å². The SMILES string of the molecule is CCCC(CN)C(=O)Nc1ccc(OCC)cc1C. The van der Waals surface area contributed by atoms with Gasteiger partial charge in [-0.2, -0.15) is 0 Å². The Labute approximate surface area is 115 Å². The molecule has 0 aliphatic carbocycles. The van der Waals surface area contributed by atoms with E-state index in [1.54, 1.807) is 0 Å². The second kappa shape index (κ2) is 7.79. The number of nitrogens with two attached hydrogens (primary N) is 1. The van der Waals surface area contributed by atoms with Crippen molar-refractivity contribution >= 4 is 11.6 Å². The summed E-state index contributed by atoms with van der Waals surface area (Å²) in [5, 5.41) is 2.94. The molecule has 3 N–H and O–H groups in total. The zero-order valence-electron chi connectivity index (χ0n) is 12.0. The van der Waals surface area contributed by atoms with Gasteiger partial charge in [-0.25, -0.2) is 0 Å². The van der Waals surface area contributed by atoms with Crippen LogP contribution in [-0.2, 0) is 4.79 Å². The molecular formula is C15H24N2O2. The van der Waals surface area contributed by atoms with Crippen LogP contribution >= 0.6 is 0 Å². The minimum Gasteiger partial charge on any atom is -0.494 e. The third kappa shape index (κ3) is 4.56. The largest absolute Gasteiger partial charge is 0.494 e. The summed E-state index contributed by atoms with van der Waals surface area (Å²) in [6, 6.07) is 5.66. The Balaban J connectivity index is 2.73. The van der Waals surface area contributed by atoms with Gasteiger partial charge in [0.2, 0.25) is 5.91 Å². The van der Waals surface area contributed by atoms with Crippen LogP contribution in [0.2, 0.25) is 0 Å². The van der Waals surface area contributed by atoms with Crippen LogP contribution in [0.4, 0.5) is 5.69 Å². The van der Waals surface area contributed by atoms with Crippen LogP contribution in [0.5, 0.6) is 5.75 Å². The number of nitrogens with one attached hydrogen (secondary N) is 1. The number of hydrogen-bond acceptors (Lipinski definition) is 3. The van der Waals surface area contributed by atoms with Crippen LogP contribution in [0, 0.1) is 12.8 Å². The summed E-state index contributed by atoms with van der Waals surface area (Å²) in [5.74, 6) is 0.703. The third-order valence-electron chi connectivity index (χ3n) is 3.06. The molecule has 1 aromatic rings. The molecule has 106 valence electrons. The second-order valence-electron chi connectivity index (χ2n) is 4.62. The van der Waals surface area contributed by atoms with Crippen molar-refractivity contribution in [3.63, 3.8) is 0 Å². The summed E-state index contributed by atoms with van der Waals surface area (Å²) in [6.07, 6.45) is 1.77. The Kier molecular flexibility index (Phi) is 6.36. The zero-order valence-corrected chi connectivity index (χ0v) is 12.0. The van der Waals surface area contributed by atoms with Crippen LogP contribution in [-0.4, -0.2) is 19.1 Å². The molecule has 1 atom stereocenters. The summed E-state index contributed by atoms with van der Waals surface area (Å²) in [5.41, 5.74) is 7.45. The molecule has 1 unspecified atom stereocenters. The fourth-order valence-electron chi connectivity index (χ4n) is 1.97. The summed E-state index contributed by atoms with van der Waals surface area (Å²) < 4.78 is 5.42. The topological polar surface area (TPSA) is 64.4 Å². The molecule has 0 aliphatic rings. The molecule has 19 heavy (non-hydrogen) atoms. The average molecular weight is 264 g/mol. The Hall–Kier alpha value is -1.55. The highest BCUT2D eigenvalue weighted by molar-refractivity contribution is 5.93. The second-order valence-corrected chi connectivity index (χ2v) is 4.62. The molecule has 0 fully saturated rings. The highest BCUT2D eigenvalue weighted by Crippen LogP contribution is 2.22. The molecule has 0 spiro atoms. The molecule has 4 nitrogen and oxygen atoms in total. The van der Waals surface area contributed by atoms with Crippen molar-refractivity contribution in [3.05, 3.63) is 23.8 Å². The molecule has 0 aliphatic heterocycles. The predicted molar refractivity (Wildman–Crippen MR) is 78.4 cm³/mol. The van der Waals surface area contributed by atoms with Gasteiger partial charge in [-0.1, -0.05) is 13.3 Å². The van der Waals surface area contributed by atoms with Crippen LogP contribution in [0.25, 0.3) is 0 Å². The van der Waals surface area contributed by atoms with Gasteiger partial charge in [0.15, 0.2) is 0 Å². The van der Waals surface area contributed by atoms with E-state index in [2.05, 4.69) is 12.2 Å². The molecule has 1 rings (SSSR count). The van der Waals surface area contributed by atoms with Gasteiger partial charge in [0.05, 0.1) is 12.5 Å². The molecule has 0 saturated carbocycles. The lowest BCUT2D eigenvalue weighted by Gasteiger charge is -2.15. The zero-order chi connectivity index (χ0) is 14.3. The van der Waals surface area contributed by atoms with E-state index >= 15 is 0 Å². The first-order valence-electron chi connectivity index (χ1n) is 6.86. The monoisotopic (exact) mass is 264 g/mol. The standard InChI is InChI=1S/C15H24N2O2/c1-4-6-12(10-16)15(18)17-14-8-7-13(19-5-2)9-11(14)3/h7-9,12H,4-6,10,16H2,1-3H3,(H,17,18). The van der Waals surface area contributed by atoms with Gasteiger partial charge in [-0.3, -0.25) is 4.79 Å². The van der Waals surface area contributed by atoms with Crippen molar-refractivity contribution < 1.29 is 9.53 Å². The Morgan fingerprint density at radius 1 is 1.42 bits per heavy atom. The predicted octanol–water partition coefficient (Wildman–Crippen LogP) is 2.71. The maximum Gasteiger partial charge on any atom is 0.228 e. The fraction of sp³-hybridized carbons (Fsp3) is 0.533. The van der Waals surface area contributed by atoms with E-state index in [1.165, 1.54) is 0 Å². The maximum atomic E-state index is 12.1. The van der Waals surface area contributed by atoms with Crippen molar-refractivity contribution in [2.45, 2.75) is 33.6 Å². The Bertz CT molecular complexity index is 419. The number of carbonyl (C=O) groups is 1. The first kappa shape index (κ1) is 15.5. The quantitative estimate of drug-likeness (QED) is 0.796. The Morgan fingerprint density at radius 3 is 2.68 bits per heavy atom. The number of hydrogen-bond donors (Lipinski definition) is 2. The van der Waals surface area contributed by atoms with Gasteiger partial charge in [0, 0.05) is 12.2 Å². The highest BCUT2D eigenvalue weighted by Gasteiger charge is 2.16. The smallest absolute Gasteiger partial charge is 0.228 e. The highest BCUT2D eigenvalue weighted by atomic mass is 16.5. The van der Waals surface area contributed by atoms with Gasteiger partial charge >= 0.3 is 0 Å². The van der Waals surface area contributed by atoms with Crippen molar-refractivity contribution in [2.24, 2.45) is 11.7 Å². The number of carbonyl (C=O) groups excluding carboxylic acids is 1. The minimum absolute atomic E-state index is 0.00314. The molecule has 0 radical (unpaired) electrons. The lowest BCUT2D eigenvalue weighted by atomic mass is 10.0. The summed E-state index contributed by atoms with van der Waals surface area (Å²) >= 11 is 0. The van der Waals surface area contributed by atoms with Crippen molar-refractivity contribution in [3.8, 4) is 5.75 Å². The minimum atomic E-state index is -0.115. The molecule has 0 bridgehead atoms. The van der Waals surface area contributed by atoms with Crippen LogP contribution < -0.4 is 15.8 Å². The number of benzene rings is 1. The summed E-state index contributed by atoms with van der Waals surface area (Å²) in [7, 11) is 0. The van der Waals surface area contributed by atoms with Crippen molar-refractivity contribution in [1.29, 1.82) is 0 Å². The number of anilines is 1. The maximum absolute atomic E-state index is 12.1. The molecule has 0 saturated heterocycles. The van der Waals surface area contributed by atoms with Gasteiger partial charge in [0.25, 0.3) is 0 Å². The van der Waals surface area contributed by atoms with E-state index in [-0.39, 0.29) is 11.8 Å². The third-order valence-corrected chi connectivity index (χ3v) is 3.06. The first-order valence-corrected chi connectivity index (χ1v) is 6.86. The molecule has 0 aromatic heterocycles. The fourth-order valence-corrected chi connectivity index (χ4v) is 1.97.